The summed E-state index contributed by atoms with van der Waals surface area (Å²) in [6.07, 6.45) is 1.62. The van der Waals surface area contributed by atoms with Crippen LogP contribution in [0.4, 0.5) is 0 Å². The molecule has 0 saturated heterocycles. The van der Waals surface area contributed by atoms with Crippen LogP contribution in [0.3, 0.4) is 0 Å². The first-order valence-electron chi connectivity index (χ1n) is 6.69. The van der Waals surface area contributed by atoms with E-state index in [0.29, 0.717) is 21.4 Å². The van der Waals surface area contributed by atoms with Crippen LogP contribution < -0.4 is 4.74 Å². The van der Waals surface area contributed by atoms with E-state index in [9.17, 15) is 4.79 Å². The lowest BCUT2D eigenvalue weighted by atomic mass is 10.2. The second kappa shape index (κ2) is 6.44. The quantitative estimate of drug-likeness (QED) is 0.612. The number of methoxy groups -OCH3 is 1. The number of benzene rings is 2. The van der Waals surface area contributed by atoms with Crippen LogP contribution in [0.25, 0.3) is 6.08 Å². The SMILES string of the molecule is COc1cccc(C=C2N=C(c3cccc(Cl)c3Cl)OC2=O)c1. The number of halogens is 2. The van der Waals surface area contributed by atoms with E-state index < -0.39 is 5.97 Å². The van der Waals surface area contributed by atoms with Gasteiger partial charge in [0.2, 0.25) is 5.90 Å². The van der Waals surface area contributed by atoms with E-state index in [0.717, 1.165) is 5.56 Å². The Balaban J connectivity index is 1.98. The van der Waals surface area contributed by atoms with Gasteiger partial charge in [0.25, 0.3) is 0 Å². The molecule has 0 aliphatic carbocycles. The Labute approximate surface area is 143 Å². The average molecular weight is 348 g/mol. The highest BCUT2D eigenvalue weighted by molar-refractivity contribution is 6.44. The molecular formula is C17H11Cl2NO3. The number of carbonyl (C=O) groups is 1. The average Bonchev–Trinajstić information content (AvgIpc) is 2.91. The van der Waals surface area contributed by atoms with Gasteiger partial charge in [-0.15, -0.1) is 0 Å². The third-order valence-electron chi connectivity index (χ3n) is 3.20. The molecule has 0 atom stereocenters. The lowest BCUT2D eigenvalue weighted by Crippen LogP contribution is -2.06. The van der Waals surface area contributed by atoms with Crippen molar-refractivity contribution >= 4 is 41.1 Å². The molecule has 0 fully saturated rings. The van der Waals surface area contributed by atoms with Gasteiger partial charge >= 0.3 is 5.97 Å². The summed E-state index contributed by atoms with van der Waals surface area (Å²) in [5, 5.41) is 0.663. The third kappa shape index (κ3) is 3.23. The first-order chi connectivity index (χ1) is 11.1. The number of hydrogen-bond acceptors (Lipinski definition) is 4. The molecule has 0 aromatic heterocycles. The van der Waals surface area contributed by atoms with Crippen molar-refractivity contribution in [2.45, 2.75) is 0 Å². The molecule has 6 heteroatoms. The highest BCUT2D eigenvalue weighted by atomic mass is 35.5. The molecule has 2 aromatic rings. The zero-order valence-electron chi connectivity index (χ0n) is 12.0. The van der Waals surface area contributed by atoms with Crippen LogP contribution in [0, 0.1) is 0 Å². The summed E-state index contributed by atoms with van der Waals surface area (Å²) in [5.74, 6) is 0.281. The summed E-state index contributed by atoms with van der Waals surface area (Å²) < 4.78 is 10.3. The highest BCUT2D eigenvalue weighted by Gasteiger charge is 2.26. The number of cyclic esters (lactones) is 1. The van der Waals surface area contributed by atoms with E-state index in [1.54, 1.807) is 37.5 Å². The van der Waals surface area contributed by atoms with Gasteiger partial charge in [0.05, 0.1) is 22.7 Å². The number of nitrogens with zero attached hydrogens (tertiary/aromatic N) is 1. The molecule has 0 spiro atoms. The molecule has 0 unspecified atom stereocenters. The van der Waals surface area contributed by atoms with Crippen molar-refractivity contribution in [3.05, 3.63) is 69.3 Å². The van der Waals surface area contributed by atoms with E-state index >= 15 is 0 Å². The number of rotatable bonds is 3. The standard InChI is InChI=1S/C17H11Cl2NO3/c1-22-11-5-2-4-10(8-11)9-14-17(21)23-16(20-14)12-6-3-7-13(18)15(12)19/h2-9H,1H3. The molecule has 0 radical (unpaired) electrons. The Morgan fingerprint density at radius 3 is 2.74 bits per heavy atom. The molecule has 1 heterocycles. The Morgan fingerprint density at radius 2 is 1.96 bits per heavy atom. The molecule has 0 amide bonds. The molecule has 0 N–H and O–H groups in total. The minimum Gasteiger partial charge on any atom is -0.497 e. The second-order valence-corrected chi connectivity index (χ2v) is 5.50. The van der Waals surface area contributed by atoms with Crippen molar-refractivity contribution in [1.82, 2.24) is 0 Å². The first-order valence-corrected chi connectivity index (χ1v) is 7.45. The Morgan fingerprint density at radius 1 is 1.17 bits per heavy atom. The molecule has 1 aliphatic rings. The highest BCUT2D eigenvalue weighted by Crippen LogP contribution is 2.29. The minimum absolute atomic E-state index is 0.136. The van der Waals surface area contributed by atoms with Gasteiger partial charge in [0, 0.05) is 0 Å². The molecule has 3 rings (SSSR count). The number of esters is 1. The van der Waals surface area contributed by atoms with Crippen LogP contribution in [-0.2, 0) is 9.53 Å². The first kappa shape index (κ1) is 15.6. The van der Waals surface area contributed by atoms with Gasteiger partial charge in [-0.05, 0) is 35.9 Å². The normalized spacial score (nSPS) is 15.5. The van der Waals surface area contributed by atoms with Gasteiger partial charge in [-0.2, -0.15) is 0 Å². The van der Waals surface area contributed by atoms with Crippen molar-refractivity contribution in [2.24, 2.45) is 4.99 Å². The second-order valence-electron chi connectivity index (χ2n) is 4.71. The van der Waals surface area contributed by atoms with Crippen molar-refractivity contribution in [1.29, 1.82) is 0 Å². The van der Waals surface area contributed by atoms with Crippen molar-refractivity contribution in [3.8, 4) is 5.75 Å². The van der Waals surface area contributed by atoms with Crippen molar-refractivity contribution in [3.63, 3.8) is 0 Å². The van der Waals surface area contributed by atoms with Crippen LogP contribution >= 0.6 is 23.2 Å². The fourth-order valence-electron chi connectivity index (χ4n) is 2.08. The topological polar surface area (TPSA) is 47.9 Å². The summed E-state index contributed by atoms with van der Waals surface area (Å²) in [6, 6.07) is 12.3. The maximum absolute atomic E-state index is 12.0. The van der Waals surface area contributed by atoms with Crippen LogP contribution in [-0.4, -0.2) is 19.0 Å². The van der Waals surface area contributed by atoms with Crippen LogP contribution in [0.5, 0.6) is 5.75 Å². The summed E-state index contributed by atoms with van der Waals surface area (Å²) in [4.78, 5) is 16.2. The summed E-state index contributed by atoms with van der Waals surface area (Å²) in [5.41, 5.74) is 1.43. The Bertz CT molecular complexity index is 843. The van der Waals surface area contributed by atoms with Gasteiger partial charge in [-0.1, -0.05) is 41.4 Å². The third-order valence-corrected chi connectivity index (χ3v) is 4.02. The van der Waals surface area contributed by atoms with Gasteiger partial charge in [-0.3, -0.25) is 0 Å². The zero-order valence-corrected chi connectivity index (χ0v) is 13.6. The van der Waals surface area contributed by atoms with E-state index in [-0.39, 0.29) is 11.6 Å². The zero-order chi connectivity index (χ0) is 16.4. The van der Waals surface area contributed by atoms with E-state index in [1.807, 2.05) is 18.2 Å². The predicted molar refractivity (Wildman–Crippen MR) is 90.1 cm³/mol. The molecular weight excluding hydrogens is 337 g/mol. The number of aliphatic imine (C=N–C) groups is 1. The summed E-state index contributed by atoms with van der Waals surface area (Å²) in [7, 11) is 1.58. The van der Waals surface area contributed by atoms with Gasteiger partial charge in [-0.25, -0.2) is 9.79 Å². The number of carbonyl (C=O) groups excluding carboxylic acids is 1. The molecule has 116 valence electrons. The Kier molecular flexibility index (Phi) is 4.37. The monoisotopic (exact) mass is 347 g/mol. The maximum atomic E-state index is 12.0. The fourth-order valence-corrected chi connectivity index (χ4v) is 2.46. The number of ether oxygens (including phenoxy) is 2. The lowest BCUT2D eigenvalue weighted by molar-refractivity contribution is -0.129. The number of hydrogen-bond donors (Lipinski definition) is 0. The van der Waals surface area contributed by atoms with Crippen LogP contribution in [0.15, 0.2) is 53.2 Å². The van der Waals surface area contributed by atoms with Crippen LogP contribution in [0.2, 0.25) is 10.0 Å². The van der Waals surface area contributed by atoms with Gasteiger partial charge in [0.15, 0.2) is 5.70 Å². The van der Waals surface area contributed by atoms with Gasteiger partial charge < -0.3 is 9.47 Å². The molecule has 4 nitrogen and oxygen atoms in total. The molecule has 2 aromatic carbocycles. The minimum atomic E-state index is -0.543. The van der Waals surface area contributed by atoms with Gasteiger partial charge in [0.1, 0.15) is 5.75 Å². The van der Waals surface area contributed by atoms with Crippen molar-refractivity contribution < 1.29 is 14.3 Å². The van der Waals surface area contributed by atoms with Crippen molar-refractivity contribution in [2.75, 3.05) is 7.11 Å². The summed E-state index contributed by atoms with van der Waals surface area (Å²) in [6.45, 7) is 0. The van der Waals surface area contributed by atoms with E-state index in [2.05, 4.69) is 4.99 Å². The maximum Gasteiger partial charge on any atom is 0.363 e. The fraction of sp³-hybridized carbons (Fsp3) is 0.0588. The molecule has 0 bridgehead atoms. The lowest BCUT2D eigenvalue weighted by Gasteiger charge is -2.03. The predicted octanol–water partition coefficient (Wildman–Crippen LogP) is 4.35. The van der Waals surface area contributed by atoms with E-state index in [4.69, 9.17) is 32.7 Å². The summed E-state index contributed by atoms with van der Waals surface area (Å²) >= 11 is 12.1. The van der Waals surface area contributed by atoms with E-state index in [1.165, 1.54) is 0 Å². The molecule has 1 aliphatic heterocycles. The molecule has 0 saturated carbocycles. The largest absolute Gasteiger partial charge is 0.497 e. The van der Waals surface area contributed by atoms with Crippen LogP contribution in [0.1, 0.15) is 11.1 Å². The molecule has 23 heavy (non-hydrogen) atoms. The smallest absolute Gasteiger partial charge is 0.363 e. The Hall–Kier alpha value is -2.30.